The van der Waals surface area contributed by atoms with E-state index >= 15 is 0 Å². The topological polar surface area (TPSA) is 153 Å². The molecule has 6 aromatic rings. The number of nitrogens with two attached hydrogens (primary N) is 1. The summed E-state index contributed by atoms with van der Waals surface area (Å²) in [6, 6.07) is 15.6. The fraction of sp³-hybridized carbons (Fsp3) is 0.250. The van der Waals surface area contributed by atoms with Crippen LogP contribution < -0.4 is 21.2 Å². The van der Waals surface area contributed by atoms with E-state index in [1.165, 1.54) is 16.9 Å². The number of amides is 2. The van der Waals surface area contributed by atoms with E-state index < -0.39 is 0 Å². The van der Waals surface area contributed by atoms with Gasteiger partial charge >= 0.3 is 0 Å². The van der Waals surface area contributed by atoms with Gasteiger partial charge in [-0.25, -0.2) is 19.9 Å². The number of carbonyl (C=O) groups is 2. The molecule has 1 fully saturated rings. The lowest BCUT2D eigenvalue weighted by Crippen LogP contribution is -2.36. The molecule has 2 aromatic carbocycles. The maximum atomic E-state index is 12.3. The van der Waals surface area contributed by atoms with Crippen LogP contribution in [0.5, 0.6) is 5.75 Å². The van der Waals surface area contributed by atoms with E-state index in [-0.39, 0.29) is 36.6 Å². The van der Waals surface area contributed by atoms with Crippen molar-refractivity contribution >= 4 is 74.8 Å². The number of imidazole rings is 1. The second-order valence-electron chi connectivity index (χ2n) is 10.7. The Hall–Kier alpha value is -4.85. The maximum absolute atomic E-state index is 12.3. The predicted molar refractivity (Wildman–Crippen MR) is 183 cm³/mol. The highest BCUT2D eigenvalue weighted by molar-refractivity contribution is 7.13. The van der Waals surface area contributed by atoms with Crippen molar-refractivity contribution in [2.45, 2.75) is 27.2 Å². The second kappa shape index (κ2) is 13.6. The Kier molecular flexibility index (Phi) is 9.65. The lowest BCUT2D eigenvalue weighted by atomic mass is 10.1. The van der Waals surface area contributed by atoms with Crippen LogP contribution in [0.15, 0.2) is 60.1 Å². The van der Waals surface area contributed by atoms with E-state index in [0.29, 0.717) is 41.4 Å². The van der Waals surface area contributed by atoms with E-state index in [1.807, 2.05) is 41.9 Å². The third-order valence-electron chi connectivity index (χ3n) is 7.43. The summed E-state index contributed by atoms with van der Waals surface area (Å²) in [7, 11) is 1.56. The summed E-state index contributed by atoms with van der Waals surface area (Å²) < 4.78 is 7.57. The van der Waals surface area contributed by atoms with Gasteiger partial charge in [-0.1, -0.05) is 25.1 Å². The number of hydrogen-bond donors (Lipinski definition) is 3. The predicted octanol–water partition coefficient (Wildman–Crippen LogP) is 5.38. The molecule has 1 aliphatic rings. The molecule has 0 spiro atoms. The van der Waals surface area contributed by atoms with Crippen LogP contribution in [-0.2, 0) is 9.59 Å². The number of methoxy groups -OCH3 is 1. The number of aryl methyl sites for hydroxylation is 2. The Labute approximate surface area is 275 Å². The molecule has 2 amide bonds. The Morgan fingerprint density at radius 1 is 1.04 bits per heavy atom. The lowest BCUT2D eigenvalue weighted by Gasteiger charge is -2.19. The Balaban J connectivity index is 0.000000186. The summed E-state index contributed by atoms with van der Waals surface area (Å²) in [5, 5.41) is 6.84. The molecule has 4 aromatic heterocycles. The zero-order chi connectivity index (χ0) is 31.7. The number of halogens is 1. The van der Waals surface area contributed by atoms with E-state index in [2.05, 4.69) is 61.1 Å². The zero-order valence-corrected chi connectivity index (χ0v) is 27.4. The number of ether oxygens (including phenoxy) is 1. The fourth-order valence-corrected chi connectivity index (χ4v) is 5.88. The number of nitrogens with zero attached hydrogens (tertiary/aromatic N) is 6. The van der Waals surface area contributed by atoms with Gasteiger partial charge in [-0.15, -0.1) is 23.7 Å². The minimum atomic E-state index is -0.346. The smallest absolute Gasteiger partial charge is 0.251 e. The molecule has 5 heterocycles. The molecule has 0 radical (unpaired) electrons. The van der Waals surface area contributed by atoms with Crippen LogP contribution in [0.4, 0.5) is 11.6 Å². The fourth-order valence-electron chi connectivity index (χ4n) is 5.22. The molecule has 14 heteroatoms. The molecule has 4 N–H and O–H groups in total. The first kappa shape index (κ1) is 32.5. The molecule has 1 aliphatic heterocycles. The highest BCUT2D eigenvalue weighted by Gasteiger charge is 2.36. The van der Waals surface area contributed by atoms with Crippen molar-refractivity contribution in [2.24, 2.45) is 11.7 Å². The van der Waals surface area contributed by atoms with Gasteiger partial charge in [-0.3, -0.25) is 19.4 Å². The molecule has 7 rings (SSSR count). The number of benzene rings is 2. The third-order valence-corrected chi connectivity index (χ3v) is 8.29. The van der Waals surface area contributed by atoms with Crippen LogP contribution in [0, 0.1) is 19.8 Å². The van der Waals surface area contributed by atoms with Crippen LogP contribution in [0.25, 0.3) is 38.3 Å². The number of nitrogens with one attached hydrogen (secondary N) is 2. The van der Waals surface area contributed by atoms with E-state index in [0.717, 1.165) is 38.1 Å². The number of anilines is 2. The average molecular weight is 660 g/mol. The molecule has 238 valence electrons. The van der Waals surface area contributed by atoms with Crippen molar-refractivity contribution in [3.05, 3.63) is 71.4 Å². The largest absolute Gasteiger partial charge is 0.496 e. The minimum absolute atomic E-state index is 0. The van der Waals surface area contributed by atoms with E-state index in [9.17, 15) is 9.59 Å². The molecule has 1 atom stereocenters. The second-order valence-corrected chi connectivity index (χ2v) is 11.7. The van der Waals surface area contributed by atoms with Crippen molar-refractivity contribution < 1.29 is 14.3 Å². The SMILES string of the molecule is COc1cccc2nc(-c3cccs3)nc(NN3C(=O)CC(C)C3=O)c12.Cc1ccc2nc(NCCN)c3ncc(C)n3c2c1.Cl. The molecule has 0 bridgehead atoms. The van der Waals surface area contributed by atoms with Crippen LogP contribution >= 0.6 is 23.7 Å². The number of fused-ring (bicyclic) bond motifs is 4. The maximum Gasteiger partial charge on any atom is 0.251 e. The van der Waals surface area contributed by atoms with Gasteiger partial charge in [0.05, 0.1) is 33.9 Å². The number of aromatic nitrogens is 5. The number of imide groups is 1. The monoisotopic (exact) mass is 659 g/mol. The first-order valence-corrected chi connectivity index (χ1v) is 15.4. The Morgan fingerprint density at radius 3 is 2.57 bits per heavy atom. The van der Waals surface area contributed by atoms with Crippen molar-refractivity contribution in [3.63, 3.8) is 0 Å². The lowest BCUT2D eigenvalue weighted by molar-refractivity contribution is -0.137. The van der Waals surface area contributed by atoms with E-state index in [1.54, 1.807) is 20.1 Å². The first-order chi connectivity index (χ1) is 21.8. The highest BCUT2D eigenvalue weighted by Crippen LogP contribution is 2.34. The van der Waals surface area contributed by atoms with Gasteiger partial charge in [0.1, 0.15) is 5.75 Å². The molecule has 0 aliphatic carbocycles. The molecule has 0 saturated carbocycles. The minimum Gasteiger partial charge on any atom is -0.496 e. The molecule has 1 saturated heterocycles. The summed E-state index contributed by atoms with van der Waals surface area (Å²) in [6.45, 7) is 7.12. The van der Waals surface area contributed by atoms with Gasteiger partial charge in [-0.2, -0.15) is 5.01 Å². The van der Waals surface area contributed by atoms with Gasteiger partial charge in [0.2, 0.25) is 5.91 Å². The zero-order valence-electron chi connectivity index (χ0n) is 25.8. The van der Waals surface area contributed by atoms with Gasteiger partial charge in [-0.05, 0) is 55.1 Å². The van der Waals surface area contributed by atoms with Crippen LogP contribution in [0.3, 0.4) is 0 Å². The number of hydrazine groups is 1. The Bertz CT molecular complexity index is 2050. The summed E-state index contributed by atoms with van der Waals surface area (Å²) in [4.78, 5) is 43.6. The van der Waals surface area contributed by atoms with Gasteiger partial charge < -0.3 is 15.8 Å². The molecular formula is C32H34ClN9O3S. The van der Waals surface area contributed by atoms with E-state index in [4.69, 9.17) is 10.5 Å². The summed E-state index contributed by atoms with van der Waals surface area (Å²) in [5.41, 5.74) is 14.3. The summed E-state index contributed by atoms with van der Waals surface area (Å²) in [5.74, 6) is 1.35. The van der Waals surface area contributed by atoms with Crippen LogP contribution in [0.1, 0.15) is 24.6 Å². The first-order valence-electron chi connectivity index (χ1n) is 14.5. The number of thiophene rings is 1. The van der Waals surface area contributed by atoms with Crippen molar-refractivity contribution in [2.75, 3.05) is 30.9 Å². The van der Waals surface area contributed by atoms with Gasteiger partial charge in [0, 0.05) is 37.3 Å². The average Bonchev–Trinajstić information content (AvgIpc) is 3.77. The number of carbonyl (C=O) groups excluding carboxylic acids is 2. The highest BCUT2D eigenvalue weighted by atomic mass is 35.5. The molecule has 1 unspecified atom stereocenters. The van der Waals surface area contributed by atoms with Crippen molar-refractivity contribution in [1.82, 2.24) is 29.3 Å². The summed E-state index contributed by atoms with van der Waals surface area (Å²) in [6.07, 6.45) is 2.05. The molecular weight excluding hydrogens is 626 g/mol. The van der Waals surface area contributed by atoms with Gasteiger partial charge in [0.25, 0.3) is 5.91 Å². The third kappa shape index (κ3) is 6.16. The molecule has 12 nitrogen and oxygen atoms in total. The van der Waals surface area contributed by atoms with Crippen molar-refractivity contribution in [3.8, 4) is 16.5 Å². The van der Waals surface area contributed by atoms with Crippen LogP contribution in [0.2, 0.25) is 0 Å². The quantitative estimate of drug-likeness (QED) is 0.190. The standard InChI is InChI=1S/C18H16N4O3S.C14H17N5.ClH/c1-10-9-14(23)22(18(10)24)21-17-15-11(5-3-6-12(15)25-2)19-16(20-17)13-7-4-8-26-13;1-9-3-4-11-12(7-9)19-10(2)8-17-14(19)13(18-11)16-6-5-15;/h3-8,10H,9H2,1-2H3,(H,19,20,21);3-4,7-8H,5-6,15H2,1-2H3,(H,16,18);1H. The summed E-state index contributed by atoms with van der Waals surface area (Å²) >= 11 is 1.52. The van der Waals surface area contributed by atoms with Gasteiger partial charge in [0.15, 0.2) is 23.1 Å². The van der Waals surface area contributed by atoms with Crippen molar-refractivity contribution in [1.29, 1.82) is 0 Å². The normalized spacial score (nSPS) is 14.4. The van der Waals surface area contributed by atoms with Crippen LogP contribution in [-0.4, -0.2) is 61.4 Å². The molecule has 46 heavy (non-hydrogen) atoms. The number of rotatable bonds is 7. The number of hydrogen-bond acceptors (Lipinski definition) is 11. The Morgan fingerprint density at radius 2 is 1.87 bits per heavy atom.